The fourth-order valence-corrected chi connectivity index (χ4v) is 2.27. The van der Waals surface area contributed by atoms with E-state index in [4.69, 9.17) is 11.6 Å². The van der Waals surface area contributed by atoms with Gasteiger partial charge in [0.1, 0.15) is 5.75 Å². The van der Waals surface area contributed by atoms with Crippen LogP contribution in [-0.2, 0) is 0 Å². The number of carbonyl (C=O) groups excluding carboxylic acids is 1. The van der Waals surface area contributed by atoms with Gasteiger partial charge < -0.3 is 15.3 Å². The van der Waals surface area contributed by atoms with Gasteiger partial charge in [0.05, 0.1) is 22.0 Å². The van der Waals surface area contributed by atoms with E-state index in [-0.39, 0.29) is 17.2 Å². The van der Waals surface area contributed by atoms with E-state index in [0.29, 0.717) is 10.7 Å². The molecule has 0 atom stereocenters. The van der Waals surface area contributed by atoms with Crippen LogP contribution >= 0.6 is 11.6 Å². The Morgan fingerprint density at radius 3 is 2.50 bits per heavy atom. The number of rotatable bonds is 3. The molecule has 4 nitrogen and oxygen atoms in total. The van der Waals surface area contributed by atoms with E-state index < -0.39 is 0 Å². The molecule has 1 amide bonds. The lowest BCUT2D eigenvalue weighted by atomic mass is 10.1. The molecule has 0 saturated heterocycles. The molecule has 2 rings (SSSR count). The molecule has 0 unspecified atom stereocenters. The lowest BCUT2D eigenvalue weighted by Crippen LogP contribution is -2.17. The van der Waals surface area contributed by atoms with Crippen LogP contribution in [0.25, 0.3) is 0 Å². The number of para-hydroxylation sites is 2. The van der Waals surface area contributed by atoms with Gasteiger partial charge in [0.15, 0.2) is 0 Å². The lowest BCUT2D eigenvalue weighted by Gasteiger charge is -2.19. The van der Waals surface area contributed by atoms with E-state index in [1.165, 1.54) is 6.07 Å². The maximum Gasteiger partial charge on any atom is 0.259 e. The summed E-state index contributed by atoms with van der Waals surface area (Å²) in [6.45, 7) is 0. The molecule has 20 heavy (non-hydrogen) atoms. The van der Waals surface area contributed by atoms with Crippen molar-refractivity contribution in [3.8, 4) is 5.75 Å². The summed E-state index contributed by atoms with van der Waals surface area (Å²) in [6, 6.07) is 11.7. The molecule has 2 N–H and O–H groups in total. The van der Waals surface area contributed by atoms with Gasteiger partial charge in [0, 0.05) is 14.1 Å². The van der Waals surface area contributed by atoms with Crippen LogP contribution in [0.2, 0.25) is 5.02 Å². The lowest BCUT2D eigenvalue weighted by molar-refractivity contribution is 0.102. The third kappa shape index (κ3) is 2.86. The van der Waals surface area contributed by atoms with Gasteiger partial charge in [-0.1, -0.05) is 29.8 Å². The first-order valence-corrected chi connectivity index (χ1v) is 6.43. The van der Waals surface area contributed by atoms with Gasteiger partial charge in [-0.25, -0.2) is 0 Å². The molecule has 0 radical (unpaired) electrons. The van der Waals surface area contributed by atoms with Crippen molar-refractivity contribution in [1.29, 1.82) is 0 Å². The number of hydrogen-bond donors (Lipinski definition) is 2. The Hall–Kier alpha value is -2.20. The van der Waals surface area contributed by atoms with Crippen LogP contribution in [0, 0.1) is 0 Å². The Morgan fingerprint density at radius 2 is 1.85 bits per heavy atom. The maximum absolute atomic E-state index is 12.2. The quantitative estimate of drug-likeness (QED) is 0.911. The average molecular weight is 291 g/mol. The molecule has 0 heterocycles. The van der Waals surface area contributed by atoms with Gasteiger partial charge in [-0.3, -0.25) is 4.79 Å². The Bertz CT molecular complexity index is 642. The molecule has 0 aromatic heterocycles. The number of carbonyl (C=O) groups is 1. The summed E-state index contributed by atoms with van der Waals surface area (Å²) in [7, 11) is 3.69. The highest BCUT2D eigenvalue weighted by Gasteiger charge is 2.15. The van der Waals surface area contributed by atoms with E-state index >= 15 is 0 Å². The van der Waals surface area contributed by atoms with Crippen LogP contribution in [0.4, 0.5) is 11.4 Å². The standard InChI is InChI=1S/C15H15ClN2O2/c1-18(2)14-11(16)7-5-8-12(14)17-15(20)10-6-3-4-9-13(10)19/h3-9,19H,1-2H3,(H,17,20). The Kier molecular flexibility index (Phi) is 4.15. The second kappa shape index (κ2) is 5.84. The third-order valence-corrected chi connectivity index (χ3v) is 3.14. The van der Waals surface area contributed by atoms with Crippen LogP contribution in [0.5, 0.6) is 5.75 Å². The van der Waals surface area contributed by atoms with Crippen molar-refractivity contribution in [3.63, 3.8) is 0 Å². The number of nitrogens with one attached hydrogen (secondary N) is 1. The van der Waals surface area contributed by atoms with E-state index in [2.05, 4.69) is 5.32 Å². The van der Waals surface area contributed by atoms with Crippen LogP contribution < -0.4 is 10.2 Å². The van der Waals surface area contributed by atoms with Crippen LogP contribution in [0.3, 0.4) is 0 Å². The van der Waals surface area contributed by atoms with Crippen LogP contribution in [0.1, 0.15) is 10.4 Å². The van der Waals surface area contributed by atoms with Gasteiger partial charge in [0.2, 0.25) is 0 Å². The molecule has 0 aliphatic rings. The van der Waals surface area contributed by atoms with Gasteiger partial charge in [0.25, 0.3) is 5.91 Å². The van der Waals surface area contributed by atoms with E-state index in [1.807, 2.05) is 19.0 Å². The highest BCUT2D eigenvalue weighted by Crippen LogP contribution is 2.33. The summed E-state index contributed by atoms with van der Waals surface area (Å²) in [5.41, 5.74) is 1.53. The summed E-state index contributed by atoms with van der Waals surface area (Å²) < 4.78 is 0. The number of phenolic OH excluding ortho intramolecular Hbond substituents is 1. The fraction of sp³-hybridized carbons (Fsp3) is 0.133. The van der Waals surface area contributed by atoms with Crippen molar-refractivity contribution in [2.24, 2.45) is 0 Å². The van der Waals surface area contributed by atoms with Crippen molar-refractivity contribution >= 4 is 28.9 Å². The zero-order valence-electron chi connectivity index (χ0n) is 11.2. The molecule has 104 valence electrons. The van der Waals surface area contributed by atoms with Gasteiger partial charge in [-0.2, -0.15) is 0 Å². The highest BCUT2D eigenvalue weighted by atomic mass is 35.5. The summed E-state index contributed by atoms with van der Waals surface area (Å²) in [4.78, 5) is 14.0. The topological polar surface area (TPSA) is 52.6 Å². The van der Waals surface area contributed by atoms with E-state index in [0.717, 1.165) is 5.69 Å². The Labute approximate surface area is 122 Å². The molecule has 2 aromatic rings. The van der Waals surface area contributed by atoms with Crippen molar-refractivity contribution in [1.82, 2.24) is 0 Å². The Morgan fingerprint density at radius 1 is 1.15 bits per heavy atom. The largest absolute Gasteiger partial charge is 0.507 e. The summed E-state index contributed by atoms with van der Waals surface area (Å²) in [5.74, 6) is -0.438. The highest BCUT2D eigenvalue weighted by molar-refractivity contribution is 6.34. The monoisotopic (exact) mass is 290 g/mol. The molecule has 0 bridgehead atoms. The third-order valence-electron chi connectivity index (χ3n) is 2.83. The molecule has 0 spiro atoms. The number of halogens is 1. The van der Waals surface area contributed by atoms with Gasteiger partial charge in [-0.15, -0.1) is 0 Å². The van der Waals surface area contributed by atoms with Gasteiger partial charge in [-0.05, 0) is 24.3 Å². The number of nitrogens with zero attached hydrogens (tertiary/aromatic N) is 1. The molecule has 0 aliphatic heterocycles. The summed E-state index contributed by atoms with van der Waals surface area (Å²) >= 11 is 6.14. The predicted molar refractivity (Wildman–Crippen MR) is 81.8 cm³/mol. The van der Waals surface area contributed by atoms with Crippen molar-refractivity contribution in [2.75, 3.05) is 24.3 Å². The zero-order valence-corrected chi connectivity index (χ0v) is 12.0. The minimum Gasteiger partial charge on any atom is -0.507 e. The number of hydrogen-bond acceptors (Lipinski definition) is 3. The summed E-state index contributed by atoms with van der Waals surface area (Å²) in [5, 5.41) is 13.0. The Balaban J connectivity index is 2.34. The molecule has 0 saturated carbocycles. The first kappa shape index (κ1) is 14.2. The van der Waals surface area contributed by atoms with Crippen molar-refractivity contribution in [2.45, 2.75) is 0 Å². The zero-order chi connectivity index (χ0) is 14.7. The molecular formula is C15H15ClN2O2. The van der Waals surface area contributed by atoms with Crippen molar-refractivity contribution in [3.05, 3.63) is 53.1 Å². The molecule has 5 heteroatoms. The fourth-order valence-electron chi connectivity index (χ4n) is 1.93. The van der Waals surface area contributed by atoms with E-state index in [1.54, 1.807) is 36.4 Å². The minimum atomic E-state index is -0.381. The normalized spacial score (nSPS) is 10.2. The second-order valence-electron chi connectivity index (χ2n) is 4.50. The first-order valence-electron chi connectivity index (χ1n) is 6.06. The number of benzene rings is 2. The number of phenols is 1. The molecule has 0 aliphatic carbocycles. The predicted octanol–water partition coefficient (Wildman–Crippen LogP) is 3.36. The number of anilines is 2. The van der Waals surface area contributed by atoms with Crippen LogP contribution in [0.15, 0.2) is 42.5 Å². The number of aromatic hydroxyl groups is 1. The summed E-state index contributed by atoms with van der Waals surface area (Å²) in [6.07, 6.45) is 0. The van der Waals surface area contributed by atoms with Gasteiger partial charge >= 0.3 is 0 Å². The minimum absolute atomic E-state index is 0.0570. The maximum atomic E-state index is 12.2. The average Bonchev–Trinajstić information content (AvgIpc) is 2.38. The SMILES string of the molecule is CN(C)c1c(Cl)cccc1NC(=O)c1ccccc1O. The van der Waals surface area contributed by atoms with Crippen LogP contribution in [-0.4, -0.2) is 25.1 Å². The molecule has 0 fully saturated rings. The smallest absolute Gasteiger partial charge is 0.259 e. The second-order valence-corrected chi connectivity index (χ2v) is 4.91. The molecule has 2 aromatic carbocycles. The first-order chi connectivity index (χ1) is 9.50. The van der Waals surface area contributed by atoms with E-state index in [9.17, 15) is 9.90 Å². The molecular weight excluding hydrogens is 276 g/mol. The van der Waals surface area contributed by atoms with Crippen molar-refractivity contribution < 1.29 is 9.90 Å². The number of amides is 1.